The topological polar surface area (TPSA) is 88.5 Å². The van der Waals surface area contributed by atoms with Crippen molar-refractivity contribution in [3.05, 3.63) is 59.9 Å². The molecule has 0 bridgehead atoms. The molecule has 1 atom stereocenters. The molecule has 114 valence electrons. The summed E-state index contributed by atoms with van der Waals surface area (Å²) in [6.07, 6.45) is 2.77. The molecule has 0 saturated heterocycles. The molecule has 1 amide bonds. The van der Waals surface area contributed by atoms with Crippen molar-refractivity contribution < 1.29 is 19.4 Å². The van der Waals surface area contributed by atoms with E-state index in [0.29, 0.717) is 16.9 Å². The van der Waals surface area contributed by atoms with Gasteiger partial charge in [-0.25, -0.2) is 0 Å². The van der Waals surface area contributed by atoms with Gasteiger partial charge in [-0.15, -0.1) is 0 Å². The molecule has 0 radical (unpaired) electrons. The second kappa shape index (κ2) is 7.21. The highest BCUT2D eigenvalue weighted by atomic mass is 16.5. The van der Waals surface area contributed by atoms with E-state index in [1.807, 2.05) is 0 Å². The summed E-state index contributed by atoms with van der Waals surface area (Å²) in [5, 5.41) is 11.8. The molecular weight excluding hydrogens is 284 g/mol. The van der Waals surface area contributed by atoms with Gasteiger partial charge in [-0.1, -0.05) is 12.1 Å². The minimum absolute atomic E-state index is 0.223. The molecule has 1 aromatic heterocycles. The van der Waals surface area contributed by atoms with Crippen LogP contribution in [0.4, 0.5) is 0 Å². The highest BCUT2D eigenvalue weighted by Crippen LogP contribution is 2.22. The van der Waals surface area contributed by atoms with Gasteiger partial charge >= 0.3 is 5.97 Å². The fourth-order valence-corrected chi connectivity index (χ4v) is 2.02. The van der Waals surface area contributed by atoms with E-state index in [0.717, 1.165) is 0 Å². The second-order valence-electron chi connectivity index (χ2n) is 4.64. The summed E-state index contributed by atoms with van der Waals surface area (Å²) >= 11 is 0. The highest BCUT2D eigenvalue weighted by molar-refractivity contribution is 5.94. The fourth-order valence-electron chi connectivity index (χ4n) is 2.02. The van der Waals surface area contributed by atoms with Crippen LogP contribution in [-0.2, 0) is 4.79 Å². The summed E-state index contributed by atoms with van der Waals surface area (Å²) < 4.78 is 5.13. The number of carboxylic acids is 1. The van der Waals surface area contributed by atoms with Crippen molar-refractivity contribution in [2.45, 2.75) is 12.5 Å². The number of benzene rings is 1. The lowest BCUT2D eigenvalue weighted by Crippen LogP contribution is -2.30. The molecule has 1 unspecified atom stereocenters. The summed E-state index contributed by atoms with van der Waals surface area (Å²) in [7, 11) is 1.53. The van der Waals surface area contributed by atoms with Gasteiger partial charge in [0.25, 0.3) is 5.91 Å². The van der Waals surface area contributed by atoms with Gasteiger partial charge in [-0.3, -0.25) is 14.6 Å². The first-order valence-electron chi connectivity index (χ1n) is 6.67. The van der Waals surface area contributed by atoms with Gasteiger partial charge in [0.1, 0.15) is 5.75 Å². The van der Waals surface area contributed by atoms with E-state index in [1.165, 1.54) is 13.3 Å². The van der Waals surface area contributed by atoms with E-state index in [4.69, 9.17) is 9.84 Å². The molecular formula is C16H16N2O4. The van der Waals surface area contributed by atoms with E-state index in [2.05, 4.69) is 10.3 Å². The largest absolute Gasteiger partial charge is 0.497 e. The standard InChI is InChI=1S/C16H16N2O4/c1-22-13-6-2-4-11(8-13)14(9-15(19)20)18-16(21)12-5-3-7-17-10-12/h2-8,10,14H,9H2,1H3,(H,18,21)(H,19,20). The number of amides is 1. The van der Waals surface area contributed by atoms with Gasteiger partial charge in [-0.2, -0.15) is 0 Å². The number of pyridine rings is 1. The SMILES string of the molecule is COc1cccc(C(CC(=O)O)NC(=O)c2cccnc2)c1. The van der Waals surface area contributed by atoms with Crippen molar-refractivity contribution in [3.63, 3.8) is 0 Å². The van der Waals surface area contributed by atoms with Gasteiger partial charge in [-0.05, 0) is 29.8 Å². The molecule has 2 rings (SSSR count). The number of nitrogens with zero attached hydrogens (tertiary/aromatic N) is 1. The second-order valence-corrected chi connectivity index (χ2v) is 4.64. The van der Waals surface area contributed by atoms with E-state index in [-0.39, 0.29) is 12.3 Å². The molecule has 0 aliphatic carbocycles. The normalized spacial score (nSPS) is 11.5. The number of hydrogen-bond acceptors (Lipinski definition) is 4. The third-order valence-electron chi connectivity index (χ3n) is 3.10. The number of ether oxygens (including phenoxy) is 1. The van der Waals surface area contributed by atoms with Gasteiger partial charge in [0, 0.05) is 12.4 Å². The van der Waals surface area contributed by atoms with Gasteiger partial charge in [0.2, 0.25) is 0 Å². The predicted octanol–water partition coefficient (Wildman–Crippen LogP) is 2.04. The Balaban J connectivity index is 2.22. The summed E-state index contributed by atoms with van der Waals surface area (Å²) in [6.45, 7) is 0. The first-order chi connectivity index (χ1) is 10.6. The van der Waals surface area contributed by atoms with E-state index in [1.54, 1.807) is 42.6 Å². The van der Waals surface area contributed by atoms with Gasteiger partial charge < -0.3 is 15.2 Å². The molecule has 2 aromatic rings. The maximum Gasteiger partial charge on any atom is 0.305 e. The van der Waals surface area contributed by atoms with Crippen LogP contribution in [0.25, 0.3) is 0 Å². The summed E-state index contributed by atoms with van der Waals surface area (Å²) in [5.74, 6) is -0.773. The molecule has 2 N–H and O–H groups in total. The van der Waals surface area contributed by atoms with Crippen LogP contribution < -0.4 is 10.1 Å². The maximum absolute atomic E-state index is 12.2. The maximum atomic E-state index is 12.2. The molecule has 22 heavy (non-hydrogen) atoms. The predicted molar refractivity (Wildman–Crippen MR) is 79.7 cm³/mol. The van der Waals surface area contributed by atoms with Crippen LogP contribution in [0.3, 0.4) is 0 Å². The van der Waals surface area contributed by atoms with Crippen molar-refractivity contribution in [1.82, 2.24) is 10.3 Å². The van der Waals surface area contributed by atoms with E-state index >= 15 is 0 Å². The summed E-state index contributed by atoms with van der Waals surface area (Å²) in [4.78, 5) is 27.1. The van der Waals surface area contributed by atoms with Crippen molar-refractivity contribution >= 4 is 11.9 Å². The lowest BCUT2D eigenvalue weighted by atomic mass is 10.0. The Labute approximate surface area is 127 Å². The number of aromatic nitrogens is 1. The number of carbonyl (C=O) groups excluding carboxylic acids is 1. The first-order valence-corrected chi connectivity index (χ1v) is 6.67. The van der Waals surface area contributed by atoms with Crippen LogP contribution in [0.2, 0.25) is 0 Å². The number of nitrogens with one attached hydrogen (secondary N) is 1. The molecule has 0 aliphatic rings. The Kier molecular flexibility index (Phi) is 5.08. The van der Waals surface area contributed by atoms with Crippen molar-refractivity contribution in [2.24, 2.45) is 0 Å². The average Bonchev–Trinajstić information content (AvgIpc) is 2.54. The van der Waals surface area contributed by atoms with Crippen LogP contribution in [0.5, 0.6) is 5.75 Å². The first kappa shape index (κ1) is 15.5. The molecule has 6 nitrogen and oxygen atoms in total. The Hall–Kier alpha value is -2.89. The number of carbonyl (C=O) groups is 2. The Morgan fingerprint density at radius 3 is 2.77 bits per heavy atom. The number of rotatable bonds is 6. The molecule has 0 fully saturated rings. The molecule has 0 spiro atoms. The van der Waals surface area contributed by atoms with Crippen LogP contribution in [-0.4, -0.2) is 29.1 Å². The third kappa shape index (κ3) is 4.05. The molecule has 1 heterocycles. The van der Waals surface area contributed by atoms with Gasteiger partial charge in [0.05, 0.1) is 25.1 Å². The summed E-state index contributed by atoms with van der Waals surface area (Å²) in [5.41, 5.74) is 1.04. The molecule has 0 aliphatic heterocycles. The third-order valence-corrected chi connectivity index (χ3v) is 3.10. The van der Waals surface area contributed by atoms with Crippen molar-refractivity contribution in [3.8, 4) is 5.75 Å². The monoisotopic (exact) mass is 300 g/mol. The van der Waals surface area contributed by atoms with Crippen LogP contribution in [0, 0.1) is 0 Å². The summed E-state index contributed by atoms with van der Waals surface area (Å²) in [6, 6.07) is 9.57. The average molecular weight is 300 g/mol. The lowest BCUT2D eigenvalue weighted by Gasteiger charge is -2.18. The smallest absolute Gasteiger partial charge is 0.305 e. The van der Waals surface area contributed by atoms with E-state index < -0.39 is 12.0 Å². The Morgan fingerprint density at radius 2 is 2.14 bits per heavy atom. The van der Waals surface area contributed by atoms with Crippen LogP contribution in [0.1, 0.15) is 28.4 Å². The highest BCUT2D eigenvalue weighted by Gasteiger charge is 2.19. The number of carboxylic acid groups (broad SMARTS) is 1. The zero-order chi connectivity index (χ0) is 15.9. The van der Waals surface area contributed by atoms with Crippen molar-refractivity contribution in [1.29, 1.82) is 0 Å². The number of hydrogen-bond donors (Lipinski definition) is 2. The van der Waals surface area contributed by atoms with Gasteiger partial charge in [0.15, 0.2) is 0 Å². The van der Waals surface area contributed by atoms with E-state index in [9.17, 15) is 9.59 Å². The molecule has 6 heteroatoms. The lowest BCUT2D eigenvalue weighted by molar-refractivity contribution is -0.137. The minimum Gasteiger partial charge on any atom is -0.497 e. The zero-order valence-electron chi connectivity index (χ0n) is 12.0. The fraction of sp³-hybridized carbons (Fsp3) is 0.188. The van der Waals surface area contributed by atoms with Crippen LogP contribution in [0.15, 0.2) is 48.8 Å². The zero-order valence-corrected chi connectivity index (χ0v) is 12.0. The Morgan fingerprint density at radius 1 is 1.32 bits per heavy atom. The minimum atomic E-state index is -1.00. The number of methoxy groups -OCH3 is 1. The number of aliphatic carboxylic acids is 1. The Bertz CT molecular complexity index is 658. The van der Waals surface area contributed by atoms with Crippen molar-refractivity contribution in [2.75, 3.05) is 7.11 Å². The molecule has 0 saturated carbocycles. The quantitative estimate of drug-likeness (QED) is 0.852. The molecule has 1 aromatic carbocycles. The van der Waals surface area contributed by atoms with Crippen LogP contribution >= 0.6 is 0 Å².